The second-order valence-corrected chi connectivity index (χ2v) is 6.38. The van der Waals surface area contributed by atoms with Gasteiger partial charge in [-0.15, -0.1) is 0 Å². The minimum Gasteiger partial charge on any atom is -0.348 e. The van der Waals surface area contributed by atoms with E-state index in [0.717, 1.165) is 37.9 Å². The smallest absolute Gasteiger partial charge is 0.225 e. The molecule has 1 saturated heterocycles. The van der Waals surface area contributed by atoms with E-state index in [9.17, 15) is 9.59 Å². The van der Waals surface area contributed by atoms with E-state index in [-0.39, 0.29) is 29.7 Å². The number of aromatic nitrogens is 1. The van der Waals surface area contributed by atoms with Gasteiger partial charge in [0.2, 0.25) is 11.8 Å². The van der Waals surface area contributed by atoms with Crippen LogP contribution in [0.15, 0.2) is 24.4 Å². The highest BCUT2D eigenvalue weighted by Gasteiger charge is 2.36. The normalized spacial score (nSPS) is 23.0. The Labute approximate surface area is 131 Å². The van der Waals surface area contributed by atoms with Crippen molar-refractivity contribution in [3.8, 4) is 0 Å². The third kappa shape index (κ3) is 3.46. The molecule has 0 bridgehead atoms. The summed E-state index contributed by atoms with van der Waals surface area (Å²) in [5.74, 6) is 0.415. The Bertz CT molecular complexity index is 542. The van der Waals surface area contributed by atoms with E-state index in [1.54, 1.807) is 6.20 Å². The van der Waals surface area contributed by atoms with Crippen LogP contribution in [0.3, 0.4) is 0 Å². The number of hydrogen-bond donors (Lipinski definition) is 1. The van der Waals surface area contributed by atoms with Crippen molar-refractivity contribution in [2.75, 3.05) is 13.1 Å². The van der Waals surface area contributed by atoms with Gasteiger partial charge in [0.1, 0.15) is 0 Å². The number of nitrogens with zero attached hydrogens (tertiary/aromatic N) is 2. The zero-order valence-electron chi connectivity index (χ0n) is 13.0. The summed E-state index contributed by atoms with van der Waals surface area (Å²) in [4.78, 5) is 30.8. The van der Waals surface area contributed by atoms with Crippen LogP contribution in [-0.4, -0.2) is 34.8 Å². The topological polar surface area (TPSA) is 62.3 Å². The fraction of sp³-hybridized carbons (Fsp3) is 0.588. The molecule has 2 heterocycles. The number of piperidine rings is 1. The van der Waals surface area contributed by atoms with Crippen molar-refractivity contribution < 1.29 is 9.59 Å². The van der Waals surface area contributed by atoms with Gasteiger partial charge in [0.25, 0.3) is 0 Å². The van der Waals surface area contributed by atoms with E-state index < -0.39 is 0 Å². The van der Waals surface area contributed by atoms with Gasteiger partial charge in [-0.2, -0.15) is 0 Å². The number of amides is 2. The maximum atomic E-state index is 12.5. The van der Waals surface area contributed by atoms with Gasteiger partial charge >= 0.3 is 0 Å². The summed E-state index contributed by atoms with van der Waals surface area (Å²) >= 11 is 0. The van der Waals surface area contributed by atoms with Gasteiger partial charge in [-0.1, -0.05) is 6.07 Å². The number of carbonyl (C=O) groups excluding carboxylic acids is 2. The van der Waals surface area contributed by atoms with Gasteiger partial charge < -0.3 is 10.2 Å². The molecule has 1 N–H and O–H groups in total. The van der Waals surface area contributed by atoms with Gasteiger partial charge in [-0.05, 0) is 44.7 Å². The highest BCUT2D eigenvalue weighted by molar-refractivity contribution is 5.83. The van der Waals surface area contributed by atoms with E-state index in [0.29, 0.717) is 6.54 Å². The molecule has 1 aliphatic carbocycles. The molecule has 5 heteroatoms. The van der Waals surface area contributed by atoms with E-state index in [1.165, 1.54) is 0 Å². The number of likely N-dealkylation sites (tertiary alicyclic amines) is 1. The molecule has 0 unspecified atom stereocenters. The zero-order valence-corrected chi connectivity index (χ0v) is 13.0. The minimum absolute atomic E-state index is 0.0338. The lowest BCUT2D eigenvalue weighted by Crippen LogP contribution is -2.46. The summed E-state index contributed by atoms with van der Waals surface area (Å²) in [6.07, 6.45) is 5.53. The molecule has 1 aliphatic heterocycles. The molecule has 0 spiro atoms. The van der Waals surface area contributed by atoms with E-state index in [4.69, 9.17) is 0 Å². The first-order chi connectivity index (χ1) is 10.6. The van der Waals surface area contributed by atoms with Crippen LogP contribution >= 0.6 is 0 Å². The monoisotopic (exact) mass is 301 g/mol. The van der Waals surface area contributed by atoms with Crippen LogP contribution in [0.2, 0.25) is 0 Å². The third-order valence-corrected chi connectivity index (χ3v) is 4.52. The first-order valence-corrected chi connectivity index (χ1v) is 8.15. The molecular weight excluding hydrogens is 278 g/mol. The quantitative estimate of drug-likeness (QED) is 0.924. The lowest BCUT2D eigenvalue weighted by molar-refractivity contribution is -0.137. The summed E-state index contributed by atoms with van der Waals surface area (Å²) in [6.45, 7) is 3.31. The predicted molar refractivity (Wildman–Crippen MR) is 82.8 cm³/mol. The molecule has 2 aliphatic rings. The average molecular weight is 301 g/mol. The van der Waals surface area contributed by atoms with E-state index in [1.807, 2.05) is 30.0 Å². The molecule has 118 valence electrons. The molecule has 2 amide bonds. The maximum Gasteiger partial charge on any atom is 0.225 e. The van der Waals surface area contributed by atoms with Crippen LogP contribution in [0.1, 0.15) is 44.3 Å². The number of hydrogen-bond acceptors (Lipinski definition) is 3. The molecule has 3 rings (SSSR count). The summed E-state index contributed by atoms with van der Waals surface area (Å²) in [5, 5.41) is 3.03. The van der Waals surface area contributed by atoms with Crippen LogP contribution in [0.25, 0.3) is 0 Å². The first kappa shape index (κ1) is 15.0. The largest absolute Gasteiger partial charge is 0.348 e. The van der Waals surface area contributed by atoms with Crippen molar-refractivity contribution in [3.63, 3.8) is 0 Å². The maximum absolute atomic E-state index is 12.5. The average Bonchev–Trinajstić information content (AvgIpc) is 3.40. The van der Waals surface area contributed by atoms with E-state index >= 15 is 0 Å². The first-order valence-electron chi connectivity index (χ1n) is 8.15. The minimum atomic E-state index is -0.108. The lowest BCUT2D eigenvalue weighted by atomic mass is 9.96. The molecule has 1 aromatic rings. The Morgan fingerprint density at radius 3 is 2.77 bits per heavy atom. The molecule has 2 fully saturated rings. The van der Waals surface area contributed by atoms with Gasteiger partial charge in [0, 0.05) is 25.2 Å². The van der Waals surface area contributed by atoms with Gasteiger partial charge in [-0.25, -0.2) is 0 Å². The van der Waals surface area contributed by atoms with Gasteiger partial charge in [0.05, 0.1) is 17.7 Å². The highest BCUT2D eigenvalue weighted by atomic mass is 16.2. The van der Waals surface area contributed by atoms with Gasteiger partial charge in [-0.3, -0.25) is 14.6 Å². The van der Waals surface area contributed by atoms with Crippen molar-refractivity contribution >= 4 is 11.8 Å². The van der Waals surface area contributed by atoms with Crippen molar-refractivity contribution in [1.29, 1.82) is 0 Å². The number of carbonyl (C=O) groups is 2. The van der Waals surface area contributed by atoms with Crippen LogP contribution in [-0.2, 0) is 9.59 Å². The Balaban J connectivity index is 1.56. The van der Waals surface area contributed by atoms with Crippen LogP contribution < -0.4 is 5.32 Å². The van der Waals surface area contributed by atoms with Crippen LogP contribution in [0.4, 0.5) is 0 Å². The molecular formula is C17H23N3O2. The molecule has 0 radical (unpaired) electrons. The molecule has 1 aromatic heterocycles. The Morgan fingerprint density at radius 2 is 2.09 bits per heavy atom. The summed E-state index contributed by atoms with van der Waals surface area (Å²) < 4.78 is 0. The standard InChI is InChI=1S/C17H23N3O2/c1-12(15-6-2-3-9-18-15)19-16(21)14-5-4-10-20(11-14)17(22)13-7-8-13/h2-3,6,9,12-14H,4-5,7-8,10-11H2,1H3,(H,19,21)/t12-,14+/m0/s1. The fourth-order valence-electron chi connectivity index (χ4n) is 3.02. The molecule has 2 atom stereocenters. The highest BCUT2D eigenvalue weighted by Crippen LogP contribution is 2.32. The van der Waals surface area contributed by atoms with Crippen molar-refractivity contribution in [2.24, 2.45) is 11.8 Å². The molecule has 5 nitrogen and oxygen atoms in total. The van der Waals surface area contributed by atoms with Crippen molar-refractivity contribution in [3.05, 3.63) is 30.1 Å². The van der Waals surface area contributed by atoms with Gasteiger partial charge in [0.15, 0.2) is 0 Å². The zero-order chi connectivity index (χ0) is 15.5. The van der Waals surface area contributed by atoms with Crippen molar-refractivity contribution in [2.45, 2.75) is 38.6 Å². The number of nitrogens with one attached hydrogen (secondary N) is 1. The summed E-state index contributed by atoms with van der Waals surface area (Å²) in [7, 11) is 0. The third-order valence-electron chi connectivity index (χ3n) is 4.52. The van der Waals surface area contributed by atoms with Crippen LogP contribution in [0, 0.1) is 11.8 Å². The molecule has 1 saturated carbocycles. The predicted octanol–water partition coefficient (Wildman–Crippen LogP) is 1.91. The Morgan fingerprint density at radius 1 is 1.27 bits per heavy atom. The summed E-state index contributed by atoms with van der Waals surface area (Å²) in [5.41, 5.74) is 0.859. The van der Waals surface area contributed by atoms with Crippen molar-refractivity contribution in [1.82, 2.24) is 15.2 Å². The number of pyridine rings is 1. The Kier molecular flexibility index (Phi) is 4.41. The van der Waals surface area contributed by atoms with Crippen LogP contribution in [0.5, 0.6) is 0 Å². The SMILES string of the molecule is C[C@H](NC(=O)[C@@H]1CCCN(C(=O)C2CC2)C1)c1ccccn1. The number of rotatable bonds is 4. The molecule has 22 heavy (non-hydrogen) atoms. The van der Waals surface area contributed by atoms with E-state index in [2.05, 4.69) is 10.3 Å². The second-order valence-electron chi connectivity index (χ2n) is 6.38. The summed E-state index contributed by atoms with van der Waals surface area (Å²) in [6, 6.07) is 5.58. The second kappa shape index (κ2) is 6.46. The Hall–Kier alpha value is -1.91. The lowest BCUT2D eigenvalue weighted by Gasteiger charge is -2.32. The molecule has 0 aromatic carbocycles. The fourth-order valence-corrected chi connectivity index (χ4v) is 3.02.